The summed E-state index contributed by atoms with van der Waals surface area (Å²) in [4.78, 5) is 20.4. The van der Waals surface area contributed by atoms with E-state index in [1.165, 1.54) is 6.20 Å². The summed E-state index contributed by atoms with van der Waals surface area (Å²) in [6.07, 6.45) is 2.97. The van der Waals surface area contributed by atoms with Crippen molar-refractivity contribution >= 4 is 11.6 Å². The van der Waals surface area contributed by atoms with Gasteiger partial charge in [0, 0.05) is 19.1 Å². The molecule has 0 spiro atoms. The average Bonchev–Trinajstić information content (AvgIpc) is 2.51. The summed E-state index contributed by atoms with van der Waals surface area (Å²) in [5.74, 6) is 0.239. The number of anilines is 1. The monoisotopic (exact) mass is 295 g/mol. The molecule has 0 bridgehead atoms. The van der Waals surface area contributed by atoms with Gasteiger partial charge in [0.2, 0.25) is 11.8 Å². The van der Waals surface area contributed by atoms with Crippen molar-refractivity contribution in [2.45, 2.75) is 26.7 Å². The molecule has 116 valence electrons. The Morgan fingerprint density at radius 2 is 2.05 bits per heavy atom. The standard InChI is InChI=1S/C14H21N3O4/c1-3-20-13-11(9-15-14(17-13)21-4-2)16-12(18)10-5-7-19-8-6-10/h9-10H,3-8H2,1-2H3,(H,16,18). The van der Waals surface area contributed by atoms with E-state index >= 15 is 0 Å². The third-order valence-electron chi connectivity index (χ3n) is 3.14. The van der Waals surface area contributed by atoms with Crippen LogP contribution in [0.4, 0.5) is 5.69 Å². The van der Waals surface area contributed by atoms with Gasteiger partial charge < -0.3 is 19.5 Å². The molecule has 2 heterocycles. The van der Waals surface area contributed by atoms with Crippen LogP contribution in [0.15, 0.2) is 6.20 Å². The number of carbonyl (C=O) groups is 1. The van der Waals surface area contributed by atoms with Crippen molar-refractivity contribution in [2.24, 2.45) is 5.92 Å². The molecule has 0 saturated carbocycles. The van der Waals surface area contributed by atoms with Crippen LogP contribution < -0.4 is 14.8 Å². The maximum atomic E-state index is 12.2. The summed E-state index contributed by atoms with van der Waals surface area (Å²) in [7, 11) is 0. The molecule has 0 atom stereocenters. The van der Waals surface area contributed by atoms with Crippen molar-refractivity contribution in [3.8, 4) is 11.9 Å². The van der Waals surface area contributed by atoms with Gasteiger partial charge in [-0.25, -0.2) is 4.98 Å². The first kappa shape index (κ1) is 15.5. The fourth-order valence-electron chi connectivity index (χ4n) is 2.08. The fourth-order valence-corrected chi connectivity index (χ4v) is 2.08. The van der Waals surface area contributed by atoms with Crippen LogP contribution in [0.2, 0.25) is 0 Å². The Morgan fingerprint density at radius 3 is 2.71 bits per heavy atom. The van der Waals surface area contributed by atoms with E-state index in [9.17, 15) is 4.79 Å². The molecular formula is C14H21N3O4. The van der Waals surface area contributed by atoms with Crippen LogP contribution in [-0.2, 0) is 9.53 Å². The number of aromatic nitrogens is 2. The number of nitrogens with zero attached hydrogens (tertiary/aromatic N) is 2. The molecule has 0 aliphatic carbocycles. The van der Waals surface area contributed by atoms with E-state index in [0.717, 1.165) is 12.8 Å². The Kier molecular flexibility index (Phi) is 5.74. The van der Waals surface area contributed by atoms with Gasteiger partial charge in [0.25, 0.3) is 0 Å². The van der Waals surface area contributed by atoms with E-state index in [-0.39, 0.29) is 17.8 Å². The lowest BCUT2D eigenvalue weighted by atomic mass is 9.99. The van der Waals surface area contributed by atoms with E-state index in [4.69, 9.17) is 14.2 Å². The summed E-state index contributed by atoms with van der Waals surface area (Å²) < 4.78 is 15.9. The first-order valence-electron chi connectivity index (χ1n) is 7.25. The predicted octanol–water partition coefficient (Wildman–Crippen LogP) is 1.64. The van der Waals surface area contributed by atoms with Crippen LogP contribution >= 0.6 is 0 Å². The van der Waals surface area contributed by atoms with E-state index < -0.39 is 0 Å². The molecule has 1 fully saturated rings. The summed E-state index contributed by atoms with van der Waals surface area (Å²) >= 11 is 0. The van der Waals surface area contributed by atoms with E-state index in [2.05, 4.69) is 15.3 Å². The van der Waals surface area contributed by atoms with Crippen LogP contribution in [0.3, 0.4) is 0 Å². The molecule has 0 aromatic carbocycles. The van der Waals surface area contributed by atoms with E-state index in [1.807, 2.05) is 13.8 Å². The smallest absolute Gasteiger partial charge is 0.319 e. The molecule has 1 N–H and O–H groups in total. The highest BCUT2D eigenvalue weighted by molar-refractivity contribution is 5.93. The normalized spacial score (nSPS) is 15.5. The predicted molar refractivity (Wildman–Crippen MR) is 76.5 cm³/mol. The Labute approximate surface area is 124 Å². The molecule has 1 amide bonds. The quantitative estimate of drug-likeness (QED) is 0.859. The molecule has 1 aliphatic rings. The summed E-state index contributed by atoms with van der Waals surface area (Å²) in [5, 5.41) is 2.83. The van der Waals surface area contributed by atoms with Gasteiger partial charge in [0.05, 0.1) is 19.4 Å². The number of carbonyl (C=O) groups excluding carboxylic acids is 1. The molecule has 1 aliphatic heterocycles. The molecule has 0 unspecified atom stereocenters. The molecule has 7 heteroatoms. The molecule has 0 radical (unpaired) electrons. The zero-order valence-electron chi connectivity index (χ0n) is 12.4. The van der Waals surface area contributed by atoms with Gasteiger partial charge in [-0.1, -0.05) is 0 Å². The minimum atomic E-state index is -0.0491. The molecule has 1 aromatic heterocycles. The molecule has 2 rings (SSSR count). The van der Waals surface area contributed by atoms with Crippen molar-refractivity contribution in [3.05, 3.63) is 6.20 Å². The minimum absolute atomic E-state index is 0.0419. The third kappa shape index (κ3) is 4.29. The number of hydrogen-bond donors (Lipinski definition) is 1. The fraction of sp³-hybridized carbons (Fsp3) is 0.643. The van der Waals surface area contributed by atoms with Gasteiger partial charge >= 0.3 is 6.01 Å². The first-order valence-corrected chi connectivity index (χ1v) is 7.25. The van der Waals surface area contributed by atoms with Crippen molar-refractivity contribution in [3.63, 3.8) is 0 Å². The average molecular weight is 295 g/mol. The molecule has 21 heavy (non-hydrogen) atoms. The van der Waals surface area contributed by atoms with Gasteiger partial charge in [0.15, 0.2) is 0 Å². The highest BCUT2D eigenvalue weighted by Crippen LogP contribution is 2.25. The van der Waals surface area contributed by atoms with Crippen LogP contribution in [0.1, 0.15) is 26.7 Å². The Morgan fingerprint density at radius 1 is 1.33 bits per heavy atom. The third-order valence-corrected chi connectivity index (χ3v) is 3.14. The van der Waals surface area contributed by atoms with Crippen molar-refractivity contribution < 1.29 is 19.0 Å². The SMILES string of the molecule is CCOc1ncc(NC(=O)C2CCOCC2)c(OCC)n1. The van der Waals surface area contributed by atoms with Crippen LogP contribution in [0.25, 0.3) is 0 Å². The van der Waals surface area contributed by atoms with Crippen molar-refractivity contribution in [1.29, 1.82) is 0 Å². The van der Waals surface area contributed by atoms with Crippen LogP contribution in [0, 0.1) is 5.92 Å². The molecular weight excluding hydrogens is 274 g/mol. The first-order chi connectivity index (χ1) is 10.2. The van der Waals surface area contributed by atoms with Crippen molar-refractivity contribution in [2.75, 3.05) is 31.7 Å². The Hall–Kier alpha value is -1.89. The Balaban J connectivity index is 2.08. The number of rotatable bonds is 6. The molecule has 1 saturated heterocycles. The topological polar surface area (TPSA) is 82.6 Å². The Bertz CT molecular complexity index is 475. The number of amides is 1. The number of nitrogens with one attached hydrogen (secondary N) is 1. The van der Waals surface area contributed by atoms with Gasteiger partial charge in [-0.05, 0) is 26.7 Å². The van der Waals surface area contributed by atoms with E-state index in [0.29, 0.717) is 38.0 Å². The number of ether oxygens (including phenoxy) is 3. The lowest BCUT2D eigenvalue weighted by molar-refractivity contribution is -0.122. The van der Waals surface area contributed by atoms with Crippen LogP contribution in [0.5, 0.6) is 11.9 Å². The zero-order chi connectivity index (χ0) is 15.1. The second-order valence-corrected chi connectivity index (χ2v) is 4.61. The number of hydrogen-bond acceptors (Lipinski definition) is 6. The summed E-state index contributed by atoms with van der Waals surface area (Å²) in [5.41, 5.74) is 0.469. The highest BCUT2D eigenvalue weighted by Gasteiger charge is 2.23. The van der Waals surface area contributed by atoms with Gasteiger partial charge in [-0.3, -0.25) is 4.79 Å². The molecule has 1 aromatic rings. The molecule has 7 nitrogen and oxygen atoms in total. The van der Waals surface area contributed by atoms with Gasteiger partial charge in [-0.2, -0.15) is 4.98 Å². The van der Waals surface area contributed by atoms with Crippen LogP contribution in [-0.4, -0.2) is 42.3 Å². The summed E-state index contributed by atoms with van der Waals surface area (Å²) in [6, 6.07) is 0.241. The highest BCUT2D eigenvalue weighted by atomic mass is 16.5. The lowest BCUT2D eigenvalue weighted by Crippen LogP contribution is -2.28. The van der Waals surface area contributed by atoms with E-state index in [1.54, 1.807) is 0 Å². The van der Waals surface area contributed by atoms with Gasteiger partial charge in [0.1, 0.15) is 5.69 Å². The lowest BCUT2D eigenvalue weighted by Gasteiger charge is -2.21. The summed E-state index contributed by atoms with van der Waals surface area (Å²) in [6.45, 7) is 5.87. The minimum Gasteiger partial charge on any atom is -0.476 e. The maximum Gasteiger partial charge on any atom is 0.319 e. The zero-order valence-corrected chi connectivity index (χ0v) is 12.4. The second kappa shape index (κ2) is 7.78. The van der Waals surface area contributed by atoms with Gasteiger partial charge in [-0.15, -0.1) is 0 Å². The maximum absolute atomic E-state index is 12.2. The second-order valence-electron chi connectivity index (χ2n) is 4.61. The largest absolute Gasteiger partial charge is 0.476 e. The van der Waals surface area contributed by atoms with Crippen molar-refractivity contribution in [1.82, 2.24) is 9.97 Å².